The standard InChI is InChI=1S/C9H14BFO3/c1-3-4-9(11)7(10)14-6(5-12)8(9,2)13/h4,6-7,12-13H,1,5,10H2,2H3/t6-,7-,8+,9?/m1/s1. The van der Waals surface area contributed by atoms with Crippen molar-refractivity contribution in [1.82, 2.24) is 0 Å². The predicted octanol–water partition coefficient (Wildman–Crippen LogP) is -0.863. The van der Waals surface area contributed by atoms with Crippen LogP contribution >= 0.6 is 0 Å². The maximum Gasteiger partial charge on any atom is 0.185 e. The van der Waals surface area contributed by atoms with Gasteiger partial charge in [0.2, 0.25) is 0 Å². The van der Waals surface area contributed by atoms with Gasteiger partial charge in [-0.3, -0.25) is 0 Å². The molecule has 1 rings (SSSR count). The van der Waals surface area contributed by atoms with Crippen LogP contribution in [-0.2, 0) is 4.74 Å². The van der Waals surface area contributed by atoms with Gasteiger partial charge in [-0.2, -0.15) is 0 Å². The van der Waals surface area contributed by atoms with Crippen LogP contribution in [0.25, 0.3) is 0 Å². The second-order valence-corrected chi connectivity index (χ2v) is 3.71. The van der Waals surface area contributed by atoms with Gasteiger partial charge in [0.15, 0.2) is 5.67 Å². The molecule has 3 nitrogen and oxygen atoms in total. The summed E-state index contributed by atoms with van der Waals surface area (Å²) in [6.07, 6.45) is 0.125. The van der Waals surface area contributed by atoms with E-state index in [-0.39, 0.29) is 0 Å². The smallest absolute Gasteiger partial charge is 0.185 e. The summed E-state index contributed by atoms with van der Waals surface area (Å²) in [7, 11) is 1.50. The normalized spacial score (nSPS) is 47.4. The molecule has 1 fully saturated rings. The molecular formula is C9H14BFO3. The fraction of sp³-hybridized carbons (Fsp3) is 0.667. The molecule has 1 heterocycles. The Kier molecular flexibility index (Phi) is 2.88. The van der Waals surface area contributed by atoms with Crippen molar-refractivity contribution in [3.8, 4) is 0 Å². The summed E-state index contributed by atoms with van der Waals surface area (Å²) >= 11 is 0. The van der Waals surface area contributed by atoms with Crippen molar-refractivity contribution in [2.75, 3.05) is 6.61 Å². The van der Waals surface area contributed by atoms with Crippen molar-refractivity contribution < 1.29 is 19.3 Å². The number of aliphatic hydroxyl groups excluding tert-OH is 1. The number of aliphatic hydroxyl groups is 2. The van der Waals surface area contributed by atoms with Gasteiger partial charge in [-0.1, -0.05) is 6.58 Å². The SMILES string of the molecule is B[C@@H]1O[C@H](CO)[C@](C)(O)C1(F)C=C=C. The van der Waals surface area contributed by atoms with Crippen molar-refractivity contribution in [1.29, 1.82) is 0 Å². The van der Waals surface area contributed by atoms with E-state index >= 15 is 0 Å². The van der Waals surface area contributed by atoms with Crippen LogP contribution in [0, 0.1) is 0 Å². The molecule has 4 atom stereocenters. The molecule has 0 aromatic rings. The zero-order chi connectivity index (χ0) is 11.0. The monoisotopic (exact) mass is 200 g/mol. The molecule has 1 aliphatic rings. The summed E-state index contributed by atoms with van der Waals surface area (Å²) in [4.78, 5) is 0. The van der Waals surface area contributed by atoms with E-state index in [2.05, 4.69) is 12.3 Å². The van der Waals surface area contributed by atoms with Crippen LogP contribution < -0.4 is 0 Å². The molecular weight excluding hydrogens is 186 g/mol. The Morgan fingerprint density at radius 3 is 2.71 bits per heavy atom. The molecule has 5 heteroatoms. The van der Waals surface area contributed by atoms with Gasteiger partial charge < -0.3 is 14.9 Å². The molecule has 0 bridgehead atoms. The Balaban J connectivity index is 3.12. The molecule has 0 aromatic heterocycles. The van der Waals surface area contributed by atoms with E-state index < -0.39 is 30.0 Å². The van der Waals surface area contributed by atoms with E-state index in [9.17, 15) is 9.50 Å². The summed E-state index contributed by atoms with van der Waals surface area (Å²) in [6, 6.07) is -0.830. The minimum absolute atomic E-state index is 0.423. The van der Waals surface area contributed by atoms with Crippen molar-refractivity contribution in [3.63, 3.8) is 0 Å². The fourth-order valence-corrected chi connectivity index (χ4v) is 1.77. The highest BCUT2D eigenvalue weighted by molar-refractivity contribution is 6.12. The maximum atomic E-state index is 14.3. The van der Waals surface area contributed by atoms with Gasteiger partial charge in [-0.15, -0.1) is 5.73 Å². The molecule has 1 saturated heterocycles. The maximum absolute atomic E-state index is 14.3. The number of halogens is 1. The number of ether oxygens (including phenoxy) is 1. The molecule has 0 aromatic carbocycles. The lowest BCUT2D eigenvalue weighted by Gasteiger charge is -2.32. The highest BCUT2D eigenvalue weighted by atomic mass is 19.1. The molecule has 2 N–H and O–H groups in total. The Morgan fingerprint density at radius 1 is 1.79 bits per heavy atom. The molecule has 0 aliphatic carbocycles. The van der Waals surface area contributed by atoms with Gasteiger partial charge in [-0.25, -0.2) is 4.39 Å². The quantitative estimate of drug-likeness (QED) is 0.450. The van der Waals surface area contributed by atoms with E-state index in [1.165, 1.54) is 14.8 Å². The summed E-state index contributed by atoms with van der Waals surface area (Å²) in [5, 5.41) is 18.8. The van der Waals surface area contributed by atoms with Crippen molar-refractivity contribution in [3.05, 3.63) is 18.4 Å². The molecule has 1 unspecified atom stereocenters. The first-order valence-corrected chi connectivity index (χ1v) is 4.44. The van der Waals surface area contributed by atoms with Crippen LogP contribution in [0.5, 0.6) is 0 Å². The number of rotatable bonds is 2. The number of hydrogen-bond acceptors (Lipinski definition) is 3. The van der Waals surface area contributed by atoms with Gasteiger partial charge in [0.1, 0.15) is 19.6 Å². The average molecular weight is 200 g/mol. The lowest BCUT2D eigenvalue weighted by molar-refractivity contribution is -0.0807. The van der Waals surface area contributed by atoms with Gasteiger partial charge in [-0.05, 0) is 13.0 Å². The van der Waals surface area contributed by atoms with Gasteiger partial charge in [0.05, 0.1) is 12.6 Å². The summed E-state index contributed by atoms with van der Waals surface area (Å²) in [5.41, 5.74) is -1.50. The average Bonchev–Trinajstić information content (AvgIpc) is 2.27. The fourth-order valence-electron chi connectivity index (χ4n) is 1.77. The first-order chi connectivity index (χ1) is 6.40. The molecule has 14 heavy (non-hydrogen) atoms. The molecule has 78 valence electrons. The number of hydrogen-bond donors (Lipinski definition) is 2. The minimum atomic E-state index is -2.05. The molecule has 0 saturated carbocycles. The highest BCUT2D eigenvalue weighted by Gasteiger charge is 2.61. The van der Waals surface area contributed by atoms with Crippen LogP contribution in [0.15, 0.2) is 18.4 Å². The Bertz CT molecular complexity index is 275. The first kappa shape index (κ1) is 11.5. The molecule has 0 radical (unpaired) electrons. The molecule has 1 aliphatic heterocycles. The second-order valence-electron chi connectivity index (χ2n) is 3.71. The molecule has 0 amide bonds. The summed E-state index contributed by atoms with van der Waals surface area (Å²) in [5.74, 6) is 0. The topological polar surface area (TPSA) is 49.7 Å². The second kappa shape index (κ2) is 3.52. The Labute approximate surface area is 83.3 Å². The third-order valence-electron chi connectivity index (χ3n) is 2.84. The lowest BCUT2D eigenvalue weighted by Crippen LogP contribution is -2.53. The van der Waals surface area contributed by atoms with Gasteiger partial charge in [0, 0.05) is 0 Å². The van der Waals surface area contributed by atoms with Crippen LogP contribution in [0.1, 0.15) is 6.92 Å². The van der Waals surface area contributed by atoms with Gasteiger partial charge >= 0.3 is 0 Å². The minimum Gasteiger partial charge on any atom is -0.394 e. The van der Waals surface area contributed by atoms with Crippen molar-refractivity contribution in [2.45, 2.75) is 30.3 Å². The van der Waals surface area contributed by atoms with E-state index in [4.69, 9.17) is 9.84 Å². The third kappa shape index (κ3) is 1.33. The lowest BCUT2D eigenvalue weighted by atomic mass is 9.74. The van der Waals surface area contributed by atoms with E-state index in [0.717, 1.165) is 6.08 Å². The van der Waals surface area contributed by atoms with Crippen molar-refractivity contribution >= 4 is 7.85 Å². The summed E-state index contributed by atoms with van der Waals surface area (Å²) < 4.78 is 19.4. The van der Waals surface area contributed by atoms with Gasteiger partial charge in [0.25, 0.3) is 0 Å². The largest absolute Gasteiger partial charge is 0.394 e. The summed E-state index contributed by atoms with van der Waals surface area (Å²) in [6.45, 7) is 4.14. The predicted molar refractivity (Wildman–Crippen MR) is 52.5 cm³/mol. The van der Waals surface area contributed by atoms with Crippen LogP contribution in [0.4, 0.5) is 4.39 Å². The third-order valence-corrected chi connectivity index (χ3v) is 2.84. The van der Waals surface area contributed by atoms with E-state index in [1.807, 2.05) is 0 Å². The highest BCUT2D eigenvalue weighted by Crippen LogP contribution is 2.42. The van der Waals surface area contributed by atoms with Crippen LogP contribution in [0.3, 0.4) is 0 Å². The Morgan fingerprint density at radius 2 is 2.36 bits per heavy atom. The van der Waals surface area contributed by atoms with E-state index in [0.29, 0.717) is 0 Å². The van der Waals surface area contributed by atoms with E-state index in [1.54, 1.807) is 0 Å². The first-order valence-electron chi connectivity index (χ1n) is 4.44. The molecule has 0 spiro atoms. The van der Waals surface area contributed by atoms with Crippen LogP contribution in [0.2, 0.25) is 0 Å². The zero-order valence-corrected chi connectivity index (χ0v) is 8.33. The Hall–Kier alpha value is -0.605. The zero-order valence-electron chi connectivity index (χ0n) is 8.33. The number of alkyl halides is 1. The van der Waals surface area contributed by atoms with Crippen molar-refractivity contribution in [2.24, 2.45) is 0 Å². The van der Waals surface area contributed by atoms with Crippen LogP contribution in [-0.4, -0.2) is 48.0 Å².